The van der Waals surface area contributed by atoms with Crippen LogP contribution < -0.4 is 5.32 Å². The Morgan fingerprint density at radius 2 is 2.24 bits per heavy atom. The Kier molecular flexibility index (Phi) is 5.52. The monoisotopic (exact) mass is 312 g/mol. The third-order valence-corrected chi connectivity index (χ3v) is 3.25. The van der Waals surface area contributed by atoms with Crippen molar-refractivity contribution in [2.75, 3.05) is 5.75 Å². The van der Waals surface area contributed by atoms with Gasteiger partial charge in [-0.2, -0.15) is 5.26 Å². The summed E-state index contributed by atoms with van der Waals surface area (Å²) >= 11 is 4.76. The molecule has 1 aromatic carbocycles. The van der Waals surface area contributed by atoms with Crippen LogP contribution in [0.25, 0.3) is 0 Å². The Labute approximate surface area is 114 Å². The van der Waals surface area contributed by atoms with Crippen molar-refractivity contribution in [2.45, 2.75) is 24.8 Å². The van der Waals surface area contributed by atoms with Crippen LogP contribution in [0.2, 0.25) is 0 Å². The van der Waals surface area contributed by atoms with Crippen molar-refractivity contribution >= 4 is 33.6 Å². The average molecular weight is 313 g/mol. The van der Waals surface area contributed by atoms with Gasteiger partial charge in [-0.15, -0.1) is 11.8 Å². The van der Waals surface area contributed by atoms with Crippen molar-refractivity contribution in [1.82, 2.24) is 5.32 Å². The minimum Gasteiger partial charge on any atom is -0.353 e. The van der Waals surface area contributed by atoms with Gasteiger partial charge in [0, 0.05) is 15.4 Å². The van der Waals surface area contributed by atoms with Crippen LogP contribution in [0.3, 0.4) is 0 Å². The number of amides is 1. The lowest BCUT2D eigenvalue weighted by Gasteiger charge is -2.08. The molecule has 0 saturated heterocycles. The van der Waals surface area contributed by atoms with Gasteiger partial charge in [-0.3, -0.25) is 4.79 Å². The lowest BCUT2D eigenvalue weighted by molar-refractivity contribution is -0.119. The fourth-order valence-electron chi connectivity index (χ4n) is 1.22. The molecule has 0 spiro atoms. The number of nitrogens with zero attached hydrogens (tertiary/aromatic N) is 1. The largest absolute Gasteiger partial charge is 0.353 e. The highest BCUT2D eigenvalue weighted by atomic mass is 79.9. The highest BCUT2D eigenvalue weighted by Crippen LogP contribution is 2.24. The van der Waals surface area contributed by atoms with Crippen molar-refractivity contribution in [1.29, 1.82) is 5.26 Å². The standard InChI is InChI=1S/C12H13BrN2OS/c1-8(2)15-12(16)7-17-11-4-9(6-14)3-10(13)5-11/h3-5,8H,7H2,1-2H3,(H,15,16). The molecule has 5 heteroatoms. The van der Waals surface area contributed by atoms with Gasteiger partial charge in [0.05, 0.1) is 17.4 Å². The topological polar surface area (TPSA) is 52.9 Å². The van der Waals surface area contributed by atoms with Crippen LogP contribution in [0.5, 0.6) is 0 Å². The van der Waals surface area contributed by atoms with E-state index >= 15 is 0 Å². The molecular weight excluding hydrogens is 300 g/mol. The predicted octanol–water partition coefficient (Wildman–Crippen LogP) is 2.94. The molecular formula is C12H13BrN2OS. The zero-order valence-electron chi connectivity index (χ0n) is 9.66. The minimum absolute atomic E-state index is 0.00323. The van der Waals surface area contributed by atoms with Gasteiger partial charge < -0.3 is 5.32 Å². The molecule has 0 radical (unpaired) electrons. The van der Waals surface area contributed by atoms with Crippen LogP contribution in [0.15, 0.2) is 27.6 Å². The van der Waals surface area contributed by atoms with E-state index in [2.05, 4.69) is 27.3 Å². The molecule has 1 aromatic rings. The van der Waals surface area contributed by atoms with E-state index < -0.39 is 0 Å². The normalized spacial score (nSPS) is 10.1. The Hall–Kier alpha value is -0.990. The molecule has 0 aliphatic heterocycles. The van der Waals surface area contributed by atoms with Crippen molar-refractivity contribution in [3.05, 3.63) is 28.2 Å². The van der Waals surface area contributed by atoms with Crippen LogP contribution in [0.1, 0.15) is 19.4 Å². The van der Waals surface area contributed by atoms with Gasteiger partial charge in [-0.25, -0.2) is 0 Å². The van der Waals surface area contributed by atoms with Crippen LogP contribution in [-0.4, -0.2) is 17.7 Å². The molecule has 0 unspecified atom stereocenters. The molecule has 1 amide bonds. The Morgan fingerprint density at radius 3 is 2.82 bits per heavy atom. The number of nitriles is 1. The van der Waals surface area contributed by atoms with Gasteiger partial charge in [0.25, 0.3) is 0 Å². The molecule has 0 aromatic heterocycles. The van der Waals surface area contributed by atoms with Crippen LogP contribution in [-0.2, 0) is 4.79 Å². The number of halogens is 1. The molecule has 3 nitrogen and oxygen atoms in total. The third kappa shape index (κ3) is 5.24. The molecule has 0 fully saturated rings. The number of rotatable bonds is 4. The SMILES string of the molecule is CC(C)NC(=O)CSc1cc(Br)cc(C#N)c1. The van der Waals surface area contributed by atoms with E-state index in [1.165, 1.54) is 11.8 Å². The summed E-state index contributed by atoms with van der Waals surface area (Å²) in [7, 11) is 0. The van der Waals surface area contributed by atoms with E-state index in [1.807, 2.05) is 19.9 Å². The minimum atomic E-state index is 0.00323. The molecule has 1 N–H and O–H groups in total. The smallest absolute Gasteiger partial charge is 0.230 e. The summed E-state index contributed by atoms with van der Waals surface area (Å²) in [5.74, 6) is 0.364. The Bertz CT molecular complexity index is 454. The maximum atomic E-state index is 11.5. The zero-order valence-corrected chi connectivity index (χ0v) is 12.1. The van der Waals surface area contributed by atoms with E-state index in [4.69, 9.17) is 5.26 Å². The van der Waals surface area contributed by atoms with E-state index in [1.54, 1.807) is 12.1 Å². The molecule has 0 atom stereocenters. The maximum Gasteiger partial charge on any atom is 0.230 e. The van der Waals surface area contributed by atoms with Crippen molar-refractivity contribution in [3.8, 4) is 6.07 Å². The van der Waals surface area contributed by atoms with Crippen LogP contribution in [0, 0.1) is 11.3 Å². The first kappa shape index (κ1) is 14.1. The second kappa shape index (κ2) is 6.67. The molecule has 0 saturated carbocycles. The van der Waals surface area contributed by atoms with Crippen molar-refractivity contribution < 1.29 is 4.79 Å². The van der Waals surface area contributed by atoms with Gasteiger partial charge in [-0.1, -0.05) is 15.9 Å². The lowest BCUT2D eigenvalue weighted by Crippen LogP contribution is -2.31. The first-order valence-electron chi connectivity index (χ1n) is 5.14. The van der Waals surface area contributed by atoms with E-state index in [0.717, 1.165) is 9.37 Å². The molecule has 0 heterocycles. The molecule has 90 valence electrons. The zero-order chi connectivity index (χ0) is 12.8. The second-order valence-electron chi connectivity index (χ2n) is 3.80. The molecule has 0 aliphatic carbocycles. The van der Waals surface area contributed by atoms with Gasteiger partial charge >= 0.3 is 0 Å². The van der Waals surface area contributed by atoms with Crippen molar-refractivity contribution in [2.24, 2.45) is 0 Å². The summed E-state index contributed by atoms with van der Waals surface area (Å²) in [4.78, 5) is 12.4. The summed E-state index contributed by atoms with van der Waals surface area (Å²) in [6, 6.07) is 7.66. The predicted molar refractivity (Wildman–Crippen MR) is 72.9 cm³/mol. The summed E-state index contributed by atoms with van der Waals surface area (Å²) in [6.45, 7) is 3.85. The molecule has 0 aliphatic rings. The first-order chi connectivity index (χ1) is 8.01. The molecule has 0 bridgehead atoms. The Morgan fingerprint density at radius 1 is 1.53 bits per heavy atom. The second-order valence-corrected chi connectivity index (χ2v) is 5.76. The number of hydrogen-bond donors (Lipinski definition) is 1. The number of thioether (sulfide) groups is 1. The van der Waals surface area contributed by atoms with Gasteiger partial charge in [-0.05, 0) is 32.0 Å². The summed E-state index contributed by atoms with van der Waals surface area (Å²) in [5.41, 5.74) is 0.589. The average Bonchev–Trinajstić information content (AvgIpc) is 2.24. The van der Waals surface area contributed by atoms with Gasteiger partial charge in [0.2, 0.25) is 5.91 Å². The Balaban J connectivity index is 2.61. The van der Waals surface area contributed by atoms with E-state index in [9.17, 15) is 4.79 Å². The number of carbonyl (C=O) groups is 1. The quantitative estimate of drug-likeness (QED) is 0.870. The van der Waals surface area contributed by atoms with Crippen LogP contribution in [0.4, 0.5) is 0 Å². The first-order valence-corrected chi connectivity index (χ1v) is 6.92. The van der Waals surface area contributed by atoms with Gasteiger partial charge in [0.1, 0.15) is 0 Å². The highest BCUT2D eigenvalue weighted by Gasteiger charge is 2.05. The number of hydrogen-bond acceptors (Lipinski definition) is 3. The van der Waals surface area contributed by atoms with Crippen molar-refractivity contribution in [3.63, 3.8) is 0 Å². The molecule has 17 heavy (non-hydrogen) atoms. The number of benzene rings is 1. The van der Waals surface area contributed by atoms with Crippen LogP contribution >= 0.6 is 27.7 Å². The third-order valence-electron chi connectivity index (χ3n) is 1.82. The lowest BCUT2D eigenvalue weighted by atomic mass is 10.2. The van der Waals surface area contributed by atoms with E-state index in [0.29, 0.717) is 11.3 Å². The summed E-state index contributed by atoms with van der Waals surface area (Å²) in [6.07, 6.45) is 0. The number of nitrogens with one attached hydrogen (secondary N) is 1. The summed E-state index contributed by atoms with van der Waals surface area (Å²) in [5, 5.41) is 11.6. The maximum absolute atomic E-state index is 11.5. The summed E-state index contributed by atoms with van der Waals surface area (Å²) < 4.78 is 0.850. The van der Waals surface area contributed by atoms with Gasteiger partial charge in [0.15, 0.2) is 0 Å². The fourth-order valence-corrected chi connectivity index (χ4v) is 2.67. The van der Waals surface area contributed by atoms with E-state index in [-0.39, 0.29) is 11.9 Å². The highest BCUT2D eigenvalue weighted by molar-refractivity contribution is 9.10. The number of carbonyl (C=O) groups excluding carboxylic acids is 1. The molecule has 1 rings (SSSR count). The fraction of sp³-hybridized carbons (Fsp3) is 0.333.